The van der Waals surface area contributed by atoms with Crippen molar-refractivity contribution in [2.75, 3.05) is 17.0 Å². The molecule has 1 aromatic rings. The van der Waals surface area contributed by atoms with Crippen LogP contribution in [0.5, 0.6) is 0 Å². The summed E-state index contributed by atoms with van der Waals surface area (Å²) in [6, 6.07) is 3.73. The highest BCUT2D eigenvalue weighted by atomic mass is 79.9. The van der Waals surface area contributed by atoms with Crippen LogP contribution in [0.15, 0.2) is 21.1 Å². The van der Waals surface area contributed by atoms with Gasteiger partial charge in [-0.05, 0) is 75.9 Å². The summed E-state index contributed by atoms with van der Waals surface area (Å²) in [5.41, 5.74) is 6.92. The molecule has 0 aromatic heterocycles. The number of rotatable bonds is 6. The fraction of sp³-hybridized carbons (Fsp3) is 0.455. The monoisotopic (exact) mass is 398 g/mol. The van der Waals surface area contributed by atoms with E-state index >= 15 is 0 Å². The largest absolute Gasteiger partial charge is 0.330 e. The Kier molecular flexibility index (Phi) is 6.10. The van der Waals surface area contributed by atoms with Crippen molar-refractivity contribution in [3.63, 3.8) is 0 Å². The summed E-state index contributed by atoms with van der Waals surface area (Å²) in [5, 5.41) is 0. The lowest BCUT2D eigenvalue weighted by molar-refractivity contribution is 0.597. The molecule has 0 aliphatic heterocycles. The smallest absolute Gasteiger partial charge is 0.232 e. The highest BCUT2D eigenvalue weighted by Gasteiger charge is 2.14. The normalized spacial score (nSPS) is 11.6. The van der Waals surface area contributed by atoms with Crippen LogP contribution in [0.2, 0.25) is 0 Å². The molecule has 0 spiro atoms. The van der Waals surface area contributed by atoms with E-state index in [1.165, 1.54) is 0 Å². The van der Waals surface area contributed by atoms with Crippen LogP contribution in [0.3, 0.4) is 0 Å². The molecule has 0 amide bonds. The molecule has 0 saturated heterocycles. The van der Waals surface area contributed by atoms with Gasteiger partial charge >= 0.3 is 0 Å². The lowest BCUT2D eigenvalue weighted by Gasteiger charge is -2.12. The van der Waals surface area contributed by atoms with Gasteiger partial charge in [0.15, 0.2) is 0 Å². The summed E-state index contributed by atoms with van der Waals surface area (Å²) in [6.07, 6.45) is 1.27. The van der Waals surface area contributed by atoms with Crippen LogP contribution >= 0.6 is 31.9 Å². The zero-order valence-electron chi connectivity index (χ0n) is 10.0. The van der Waals surface area contributed by atoms with Crippen molar-refractivity contribution >= 4 is 47.6 Å². The van der Waals surface area contributed by atoms with E-state index in [1.807, 2.05) is 19.1 Å². The second-order valence-electron chi connectivity index (χ2n) is 4.02. The number of anilines is 1. The first-order chi connectivity index (χ1) is 8.35. The van der Waals surface area contributed by atoms with Crippen LogP contribution in [0, 0.1) is 6.92 Å². The third kappa shape index (κ3) is 4.87. The number of hydrogen-bond acceptors (Lipinski definition) is 3. The van der Waals surface area contributed by atoms with Crippen LogP contribution in [0.25, 0.3) is 0 Å². The first-order valence-corrected chi connectivity index (χ1v) is 8.76. The van der Waals surface area contributed by atoms with Crippen molar-refractivity contribution in [2.24, 2.45) is 5.73 Å². The summed E-state index contributed by atoms with van der Waals surface area (Å²) >= 11 is 6.71. The van der Waals surface area contributed by atoms with Crippen LogP contribution in [0.4, 0.5) is 5.69 Å². The lowest BCUT2D eigenvalue weighted by atomic mass is 10.2. The third-order valence-electron chi connectivity index (χ3n) is 2.31. The average Bonchev–Trinajstić information content (AvgIpc) is 2.23. The molecular formula is C11H16Br2N2O2S. The van der Waals surface area contributed by atoms with Gasteiger partial charge in [0.2, 0.25) is 10.0 Å². The number of halogens is 2. The first-order valence-electron chi connectivity index (χ1n) is 5.52. The van der Waals surface area contributed by atoms with Crippen molar-refractivity contribution in [3.8, 4) is 0 Å². The van der Waals surface area contributed by atoms with E-state index in [0.717, 1.165) is 14.5 Å². The van der Waals surface area contributed by atoms with Gasteiger partial charge in [0, 0.05) is 8.95 Å². The van der Waals surface area contributed by atoms with Crippen LogP contribution in [-0.2, 0) is 10.0 Å². The maximum atomic E-state index is 11.9. The predicted molar refractivity (Wildman–Crippen MR) is 82.3 cm³/mol. The topological polar surface area (TPSA) is 72.2 Å². The van der Waals surface area contributed by atoms with Crippen molar-refractivity contribution in [1.82, 2.24) is 0 Å². The molecule has 3 N–H and O–H groups in total. The summed E-state index contributed by atoms with van der Waals surface area (Å²) < 4.78 is 27.8. The minimum absolute atomic E-state index is 0.0803. The van der Waals surface area contributed by atoms with E-state index in [-0.39, 0.29) is 5.75 Å². The fourth-order valence-corrected chi connectivity index (χ4v) is 4.53. The predicted octanol–water partition coefficient (Wildman–Crippen LogP) is 3.00. The van der Waals surface area contributed by atoms with Crippen LogP contribution < -0.4 is 10.5 Å². The molecular weight excluding hydrogens is 384 g/mol. The Balaban J connectivity index is 2.84. The van der Waals surface area contributed by atoms with Crippen molar-refractivity contribution in [2.45, 2.75) is 19.8 Å². The second kappa shape index (κ2) is 6.88. The number of unbranched alkanes of at least 4 members (excludes halogenated alkanes) is 1. The van der Waals surface area contributed by atoms with Crippen molar-refractivity contribution in [3.05, 3.63) is 26.6 Å². The zero-order chi connectivity index (χ0) is 13.8. The summed E-state index contributed by atoms with van der Waals surface area (Å²) in [6.45, 7) is 2.45. The van der Waals surface area contributed by atoms with Gasteiger partial charge < -0.3 is 5.73 Å². The second-order valence-corrected chi connectivity index (χ2v) is 7.57. The molecule has 0 unspecified atom stereocenters. The number of hydrogen-bond donors (Lipinski definition) is 2. The highest BCUT2D eigenvalue weighted by molar-refractivity contribution is 9.11. The highest BCUT2D eigenvalue weighted by Crippen LogP contribution is 2.33. The maximum Gasteiger partial charge on any atom is 0.232 e. The van der Waals surface area contributed by atoms with E-state index in [0.29, 0.717) is 25.1 Å². The number of nitrogens with two attached hydrogens (primary N) is 1. The Hall–Kier alpha value is -0.110. The van der Waals surface area contributed by atoms with Gasteiger partial charge in [-0.3, -0.25) is 4.72 Å². The molecule has 0 aliphatic rings. The van der Waals surface area contributed by atoms with Gasteiger partial charge in [-0.2, -0.15) is 0 Å². The van der Waals surface area contributed by atoms with Gasteiger partial charge in [0.05, 0.1) is 11.4 Å². The SMILES string of the molecule is Cc1cc(Br)c(NS(=O)(=O)CCCCN)c(Br)c1. The molecule has 1 aromatic carbocycles. The van der Waals surface area contributed by atoms with E-state index in [9.17, 15) is 8.42 Å². The molecule has 7 heteroatoms. The van der Waals surface area contributed by atoms with Crippen LogP contribution in [0.1, 0.15) is 18.4 Å². The summed E-state index contributed by atoms with van der Waals surface area (Å²) in [5.74, 6) is 0.0803. The third-order valence-corrected chi connectivity index (χ3v) is 4.90. The average molecular weight is 400 g/mol. The standard InChI is InChI=1S/C11H16Br2N2O2S/c1-8-6-9(12)11(10(13)7-8)15-18(16,17)5-3-2-4-14/h6-7,15H,2-5,14H2,1H3. The molecule has 0 aliphatic carbocycles. The minimum atomic E-state index is -3.33. The van der Waals surface area contributed by atoms with E-state index in [1.54, 1.807) is 0 Å². The molecule has 0 bridgehead atoms. The van der Waals surface area contributed by atoms with E-state index in [2.05, 4.69) is 36.6 Å². The van der Waals surface area contributed by atoms with Gasteiger partial charge in [-0.25, -0.2) is 8.42 Å². The number of sulfonamides is 1. The number of aryl methyl sites for hydroxylation is 1. The molecule has 1 rings (SSSR count). The molecule has 0 heterocycles. The van der Waals surface area contributed by atoms with Gasteiger partial charge in [0.25, 0.3) is 0 Å². The van der Waals surface area contributed by atoms with Gasteiger partial charge in [-0.1, -0.05) is 0 Å². The molecule has 18 heavy (non-hydrogen) atoms. The molecule has 0 atom stereocenters. The van der Waals surface area contributed by atoms with Crippen LogP contribution in [-0.4, -0.2) is 20.7 Å². The van der Waals surface area contributed by atoms with E-state index in [4.69, 9.17) is 5.73 Å². The molecule has 4 nitrogen and oxygen atoms in total. The Morgan fingerprint density at radius 3 is 2.28 bits per heavy atom. The minimum Gasteiger partial charge on any atom is -0.330 e. The number of nitrogens with one attached hydrogen (secondary N) is 1. The fourth-order valence-electron chi connectivity index (χ4n) is 1.44. The molecule has 0 radical (unpaired) electrons. The molecule has 102 valence electrons. The van der Waals surface area contributed by atoms with Gasteiger partial charge in [0.1, 0.15) is 0 Å². The summed E-state index contributed by atoms with van der Waals surface area (Å²) in [4.78, 5) is 0. The zero-order valence-corrected chi connectivity index (χ0v) is 14.0. The Morgan fingerprint density at radius 2 is 1.78 bits per heavy atom. The van der Waals surface area contributed by atoms with Crippen molar-refractivity contribution < 1.29 is 8.42 Å². The van der Waals surface area contributed by atoms with Crippen molar-refractivity contribution in [1.29, 1.82) is 0 Å². The lowest BCUT2D eigenvalue weighted by Crippen LogP contribution is -2.18. The van der Waals surface area contributed by atoms with E-state index < -0.39 is 10.0 Å². The Morgan fingerprint density at radius 1 is 1.22 bits per heavy atom. The quantitative estimate of drug-likeness (QED) is 0.722. The summed E-state index contributed by atoms with van der Waals surface area (Å²) in [7, 11) is -3.33. The first kappa shape index (κ1) is 15.9. The molecule has 0 saturated carbocycles. The molecule has 0 fully saturated rings. The number of benzene rings is 1. The Bertz CT molecular complexity index is 495. The maximum absolute atomic E-state index is 11.9. The van der Waals surface area contributed by atoms with Gasteiger partial charge in [-0.15, -0.1) is 0 Å². The Labute approximate surface area is 125 Å².